The fourth-order valence-electron chi connectivity index (χ4n) is 3.31. The Bertz CT molecular complexity index is 671. The highest BCUT2D eigenvalue weighted by molar-refractivity contribution is 6.93. The normalized spacial score (nSPS) is 12.2. The molecule has 0 bridgehead atoms. The van der Waals surface area contributed by atoms with Gasteiger partial charge in [0, 0.05) is 22.6 Å². The second-order valence-electron chi connectivity index (χ2n) is 7.44. The van der Waals surface area contributed by atoms with Gasteiger partial charge in [0.1, 0.15) is 0 Å². The first-order valence-corrected chi connectivity index (χ1v) is 11.0. The van der Waals surface area contributed by atoms with Crippen molar-refractivity contribution in [2.75, 3.05) is 0 Å². The van der Waals surface area contributed by atoms with Crippen LogP contribution in [0.3, 0.4) is 0 Å². The van der Waals surface area contributed by atoms with E-state index in [1.54, 1.807) is 0 Å². The lowest BCUT2D eigenvalue weighted by atomic mass is 10.1. The van der Waals surface area contributed by atoms with Crippen LogP contribution < -0.4 is 10.4 Å². The standard InChI is InChI=1S/C22H32O2Si/c1-15(2)23-25(24-16(3)4,21-13-9-11-17(5)19(21)7)22-14-10-12-18(6)20(22)8/h9-16H,1-8H3. The Kier molecular flexibility index (Phi) is 6.25. The molecule has 0 radical (unpaired) electrons. The van der Waals surface area contributed by atoms with Crippen LogP contribution >= 0.6 is 0 Å². The van der Waals surface area contributed by atoms with Gasteiger partial charge in [-0.3, -0.25) is 0 Å². The van der Waals surface area contributed by atoms with E-state index in [0.717, 1.165) is 0 Å². The van der Waals surface area contributed by atoms with Gasteiger partial charge in [-0.05, 0) is 77.6 Å². The molecule has 0 aliphatic carbocycles. The van der Waals surface area contributed by atoms with Crippen LogP contribution in [0.25, 0.3) is 0 Å². The number of rotatable bonds is 6. The molecule has 0 saturated heterocycles. The SMILES string of the molecule is Cc1cccc([Si](OC(C)C)(OC(C)C)c2cccc(C)c2C)c1C. The van der Waals surface area contributed by atoms with E-state index in [4.69, 9.17) is 8.85 Å². The third-order valence-electron chi connectivity index (χ3n) is 4.72. The molecule has 2 aromatic carbocycles. The number of hydrogen-bond acceptors (Lipinski definition) is 2. The van der Waals surface area contributed by atoms with Gasteiger partial charge >= 0.3 is 8.56 Å². The molecule has 0 N–H and O–H groups in total. The zero-order valence-electron chi connectivity index (χ0n) is 16.9. The van der Waals surface area contributed by atoms with Crippen molar-refractivity contribution in [2.45, 2.75) is 67.6 Å². The molecule has 0 heterocycles. The van der Waals surface area contributed by atoms with Crippen LogP contribution in [-0.2, 0) is 8.85 Å². The Labute approximate surface area is 154 Å². The summed E-state index contributed by atoms with van der Waals surface area (Å²) in [6.45, 7) is 17.1. The van der Waals surface area contributed by atoms with Gasteiger partial charge in [-0.2, -0.15) is 0 Å². The molecular weight excluding hydrogens is 324 g/mol. The minimum atomic E-state index is -2.83. The fourth-order valence-corrected chi connectivity index (χ4v) is 7.50. The number of benzene rings is 2. The summed E-state index contributed by atoms with van der Waals surface area (Å²) in [5.74, 6) is 0. The van der Waals surface area contributed by atoms with E-state index in [0.29, 0.717) is 0 Å². The summed E-state index contributed by atoms with van der Waals surface area (Å²) in [5.41, 5.74) is 5.10. The molecular formula is C22H32O2Si. The molecule has 0 amide bonds. The summed E-state index contributed by atoms with van der Waals surface area (Å²) in [7, 11) is -2.83. The van der Waals surface area contributed by atoms with E-state index in [1.807, 2.05) is 0 Å². The summed E-state index contributed by atoms with van der Waals surface area (Å²) >= 11 is 0. The lowest BCUT2D eigenvalue weighted by molar-refractivity contribution is 0.125. The summed E-state index contributed by atoms with van der Waals surface area (Å²) in [4.78, 5) is 0. The molecule has 3 heteroatoms. The fraction of sp³-hybridized carbons (Fsp3) is 0.455. The van der Waals surface area contributed by atoms with Crippen LogP contribution in [0, 0.1) is 27.7 Å². The molecule has 25 heavy (non-hydrogen) atoms. The van der Waals surface area contributed by atoms with Crippen LogP contribution in [-0.4, -0.2) is 20.8 Å². The van der Waals surface area contributed by atoms with Crippen LogP contribution in [0.5, 0.6) is 0 Å². The molecule has 0 aromatic heterocycles. The van der Waals surface area contributed by atoms with Gasteiger partial charge in [-0.1, -0.05) is 36.4 Å². The van der Waals surface area contributed by atoms with Gasteiger partial charge in [-0.15, -0.1) is 0 Å². The zero-order chi connectivity index (χ0) is 18.8. The summed E-state index contributed by atoms with van der Waals surface area (Å²) < 4.78 is 13.4. The molecule has 0 spiro atoms. The second kappa shape index (κ2) is 7.86. The minimum Gasteiger partial charge on any atom is -0.385 e. The molecule has 0 aliphatic rings. The smallest absolute Gasteiger partial charge is 0.385 e. The Hall–Kier alpha value is -1.42. The van der Waals surface area contributed by atoms with E-state index < -0.39 is 8.56 Å². The summed E-state index contributed by atoms with van der Waals surface area (Å²) in [5, 5.41) is 2.45. The van der Waals surface area contributed by atoms with Crippen molar-refractivity contribution in [3.63, 3.8) is 0 Å². The van der Waals surface area contributed by atoms with Crippen LogP contribution in [0.15, 0.2) is 36.4 Å². The molecule has 0 aliphatic heterocycles. The maximum absolute atomic E-state index is 6.71. The van der Waals surface area contributed by atoms with Gasteiger partial charge in [0.15, 0.2) is 0 Å². The quantitative estimate of drug-likeness (QED) is 0.717. The van der Waals surface area contributed by atoms with Gasteiger partial charge in [-0.25, -0.2) is 0 Å². The first-order chi connectivity index (χ1) is 11.7. The average Bonchev–Trinajstić information content (AvgIpc) is 2.51. The monoisotopic (exact) mass is 356 g/mol. The molecule has 0 atom stereocenters. The molecule has 2 aromatic rings. The van der Waals surface area contributed by atoms with Gasteiger partial charge < -0.3 is 8.85 Å². The molecule has 2 nitrogen and oxygen atoms in total. The molecule has 0 saturated carbocycles. The van der Waals surface area contributed by atoms with Crippen molar-refractivity contribution in [1.82, 2.24) is 0 Å². The Morgan fingerprint density at radius 2 is 1.00 bits per heavy atom. The molecule has 0 fully saturated rings. The predicted molar refractivity (Wildman–Crippen MR) is 109 cm³/mol. The van der Waals surface area contributed by atoms with Crippen LogP contribution in [0.2, 0.25) is 0 Å². The predicted octanol–water partition coefficient (Wildman–Crippen LogP) is 4.33. The van der Waals surface area contributed by atoms with Gasteiger partial charge in [0.25, 0.3) is 0 Å². The minimum absolute atomic E-state index is 0.0882. The van der Waals surface area contributed by atoms with E-state index in [9.17, 15) is 0 Å². The first-order valence-electron chi connectivity index (χ1n) is 9.18. The topological polar surface area (TPSA) is 18.5 Å². The van der Waals surface area contributed by atoms with Crippen molar-refractivity contribution in [3.8, 4) is 0 Å². The number of hydrogen-bond donors (Lipinski definition) is 0. The highest BCUT2D eigenvalue weighted by Gasteiger charge is 2.46. The van der Waals surface area contributed by atoms with E-state index in [1.165, 1.54) is 32.6 Å². The summed E-state index contributed by atoms with van der Waals surface area (Å²) in [6.07, 6.45) is 0.176. The van der Waals surface area contributed by atoms with Crippen LogP contribution in [0.4, 0.5) is 0 Å². The zero-order valence-corrected chi connectivity index (χ0v) is 17.9. The lowest BCUT2D eigenvalue weighted by Gasteiger charge is -2.37. The van der Waals surface area contributed by atoms with E-state index in [-0.39, 0.29) is 12.2 Å². The average molecular weight is 357 g/mol. The van der Waals surface area contributed by atoms with Crippen molar-refractivity contribution in [3.05, 3.63) is 58.7 Å². The second-order valence-corrected chi connectivity index (χ2v) is 10.2. The van der Waals surface area contributed by atoms with Gasteiger partial charge in [0.2, 0.25) is 0 Å². The Morgan fingerprint density at radius 3 is 1.32 bits per heavy atom. The van der Waals surface area contributed by atoms with Gasteiger partial charge in [0.05, 0.1) is 0 Å². The summed E-state index contributed by atoms with van der Waals surface area (Å²) in [6, 6.07) is 13.0. The van der Waals surface area contributed by atoms with Crippen LogP contribution in [0.1, 0.15) is 49.9 Å². The van der Waals surface area contributed by atoms with Crippen molar-refractivity contribution in [1.29, 1.82) is 0 Å². The number of aryl methyl sites for hydroxylation is 2. The maximum atomic E-state index is 6.71. The third kappa shape index (κ3) is 4.05. The molecule has 2 rings (SSSR count). The first kappa shape index (κ1) is 19.9. The van der Waals surface area contributed by atoms with E-state index in [2.05, 4.69) is 91.8 Å². The molecule has 0 unspecified atom stereocenters. The Morgan fingerprint density at radius 1 is 0.640 bits per heavy atom. The Balaban J connectivity index is 2.85. The molecule has 136 valence electrons. The highest BCUT2D eigenvalue weighted by atomic mass is 28.4. The third-order valence-corrected chi connectivity index (χ3v) is 8.83. The largest absolute Gasteiger partial charge is 0.408 e. The van der Waals surface area contributed by atoms with Crippen molar-refractivity contribution >= 4 is 18.9 Å². The van der Waals surface area contributed by atoms with E-state index >= 15 is 0 Å². The maximum Gasteiger partial charge on any atom is 0.408 e. The van der Waals surface area contributed by atoms with Crippen molar-refractivity contribution < 1.29 is 8.85 Å². The highest BCUT2D eigenvalue weighted by Crippen LogP contribution is 2.20. The lowest BCUT2D eigenvalue weighted by Crippen LogP contribution is -2.66. The van der Waals surface area contributed by atoms with Crippen molar-refractivity contribution in [2.24, 2.45) is 0 Å².